The molecule has 114 valence electrons. The average molecular weight is 331 g/mol. The molecule has 1 aromatic carbocycles. The molecule has 3 N–H and O–H groups in total. The van der Waals surface area contributed by atoms with Crippen LogP contribution < -0.4 is 15.2 Å². The van der Waals surface area contributed by atoms with Crippen LogP contribution in [0.1, 0.15) is 0 Å². The zero-order chi connectivity index (χ0) is 15.5. The molecule has 0 aliphatic carbocycles. The minimum absolute atomic E-state index is 0.0561. The highest BCUT2D eigenvalue weighted by atomic mass is 35.5. The highest BCUT2D eigenvalue weighted by Crippen LogP contribution is 2.24. The molecule has 0 aliphatic heterocycles. The molecule has 9 heteroatoms. The number of sulfonamides is 1. The van der Waals surface area contributed by atoms with Crippen molar-refractivity contribution >= 4 is 27.3 Å². The number of anilines is 1. The minimum atomic E-state index is -3.83. The first-order valence-electron chi connectivity index (χ1n) is 6.07. The molecule has 0 aliphatic rings. The number of rotatable bonds is 6. The first-order valence-corrected chi connectivity index (χ1v) is 7.93. The molecule has 21 heavy (non-hydrogen) atoms. The van der Waals surface area contributed by atoms with Gasteiger partial charge in [0.15, 0.2) is 5.03 Å². The van der Waals surface area contributed by atoms with Gasteiger partial charge in [-0.05, 0) is 12.1 Å². The van der Waals surface area contributed by atoms with Crippen LogP contribution in [0, 0.1) is 0 Å². The number of hydrogen-bond acceptors (Lipinski definition) is 5. The van der Waals surface area contributed by atoms with Crippen LogP contribution in [0.3, 0.4) is 0 Å². The van der Waals surface area contributed by atoms with Gasteiger partial charge < -0.3 is 10.5 Å². The third-order valence-electron chi connectivity index (χ3n) is 2.57. The Hall–Kier alpha value is -1.77. The first-order chi connectivity index (χ1) is 9.94. The van der Waals surface area contributed by atoms with Crippen molar-refractivity contribution < 1.29 is 13.2 Å². The predicted molar refractivity (Wildman–Crippen MR) is 80.0 cm³/mol. The van der Waals surface area contributed by atoms with Gasteiger partial charge in [0.25, 0.3) is 10.0 Å². The molecule has 2 aromatic rings. The van der Waals surface area contributed by atoms with Gasteiger partial charge in [-0.1, -0.05) is 17.7 Å². The number of aryl methyl sites for hydroxylation is 1. The summed E-state index contributed by atoms with van der Waals surface area (Å²) in [5.41, 5.74) is 5.72. The summed E-state index contributed by atoms with van der Waals surface area (Å²) in [7, 11) is -2.33. The molecule has 0 radical (unpaired) electrons. The molecule has 0 atom stereocenters. The van der Waals surface area contributed by atoms with Gasteiger partial charge in [-0.3, -0.25) is 9.40 Å². The van der Waals surface area contributed by atoms with Gasteiger partial charge in [0, 0.05) is 19.7 Å². The molecule has 1 aromatic heterocycles. The van der Waals surface area contributed by atoms with Crippen LogP contribution in [0.5, 0.6) is 5.75 Å². The maximum atomic E-state index is 12.3. The monoisotopic (exact) mass is 330 g/mol. The van der Waals surface area contributed by atoms with Crippen LogP contribution in [0.4, 0.5) is 5.69 Å². The Balaban J connectivity index is 2.25. The molecule has 0 fully saturated rings. The molecule has 0 saturated heterocycles. The molecule has 2 rings (SSSR count). The standard InChI is InChI=1S/C12H15ClN4O3S/c1-17-12(11(13)8-15-17)21(18,19)16-9-3-2-4-10(7-9)20-6-5-14/h2-4,7-8,16H,5-6,14H2,1H3. The lowest BCUT2D eigenvalue weighted by molar-refractivity contribution is 0.328. The van der Waals surface area contributed by atoms with Gasteiger partial charge in [-0.2, -0.15) is 13.5 Å². The van der Waals surface area contributed by atoms with E-state index < -0.39 is 10.0 Å². The fraction of sp³-hybridized carbons (Fsp3) is 0.250. The van der Waals surface area contributed by atoms with E-state index in [0.29, 0.717) is 24.6 Å². The van der Waals surface area contributed by atoms with E-state index in [2.05, 4.69) is 9.82 Å². The Morgan fingerprint density at radius 1 is 1.48 bits per heavy atom. The lowest BCUT2D eigenvalue weighted by Gasteiger charge is -2.10. The average Bonchev–Trinajstić information content (AvgIpc) is 2.76. The summed E-state index contributed by atoms with van der Waals surface area (Å²) in [4.78, 5) is 0. The van der Waals surface area contributed by atoms with Crippen LogP contribution in [0.2, 0.25) is 5.02 Å². The van der Waals surface area contributed by atoms with Crippen LogP contribution in [-0.2, 0) is 17.1 Å². The second kappa shape index (κ2) is 6.33. The van der Waals surface area contributed by atoms with E-state index >= 15 is 0 Å². The number of nitrogens with zero attached hydrogens (tertiary/aromatic N) is 2. The predicted octanol–water partition coefficient (Wildman–Crippen LogP) is 1.21. The summed E-state index contributed by atoms with van der Waals surface area (Å²) in [6.45, 7) is 0.727. The van der Waals surface area contributed by atoms with Crippen molar-refractivity contribution in [2.45, 2.75) is 5.03 Å². The molecule has 0 saturated carbocycles. The maximum absolute atomic E-state index is 12.3. The lowest BCUT2D eigenvalue weighted by Crippen LogP contribution is -2.17. The van der Waals surface area contributed by atoms with Crippen LogP contribution in [0.25, 0.3) is 0 Å². The molecule has 0 unspecified atom stereocenters. The summed E-state index contributed by atoms with van der Waals surface area (Å²) >= 11 is 5.85. The van der Waals surface area contributed by atoms with Gasteiger partial charge in [-0.25, -0.2) is 0 Å². The number of halogens is 1. The van der Waals surface area contributed by atoms with Crippen LogP contribution in [0.15, 0.2) is 35.5 Å². The fourth-order valence-electron chi connectivity index (χ4n) is 1.73. The summed E-state index contributed by atoms with van der Waals surface area (Å²) in [5, 5.41) is 3.77. The SMILES string of the molecule is Cn1ncc(Cl)c1S(=O)(=O)Nc1cccc(OCCN)c1. The Morgan fingerprint density at radius 2 is 2.24 bits per heavy atom. The van der Waals surface area contributed by atoms with Gasteiger partial charge in [0.2, 0.25) is 0 Å². The molecule has 0 spiro atoms. The zero-order valence-corrected chi connectivity index (χ0v) is 12.9. The van der Waals surface area contributed by atoms with E-state index in [1.165, 1.54) is 17.9 Å². The van der Waals surface area contributed by atoms with Crippen LogP contribution in [-0.4, -0.2) is 31.3 Å². The Kier molecular flexibility index (Phi) is 4.71. The Bertz CT molecular complexity index is 710. The second-order valence-corrected chi connectivity index (χ2v) is 6.20. The van der Waals surface area contributed by atoms with Crippen molar-refractivity contribution in [3.63, 3.8) is 0 Å². The van der Waals surface area contributed by atoms with E-state index in [1.54, 1.807) is 24.3 Å². The normalized spacial score (nSPS) is 11.4. The van der Waals surface area contributed by atoms with Gasteiger partial charge in [0.05, 0.1) is 16.9 Å². The summed E-state index contributed by atoms with van der Waals surface area (Å²) in [5.74, 6) is 0.525. The number of aromatic nitrogens is 2. The van der Waals surface area contributed by atoms with Crippen molar-refractivity contribution in [1.29, 1.82) is 0 Å². The zero-order valence-electron chi connectivity index (χ0n) is 11.3. The first kappa shape index (κ1) is 15.6. The van der Waals surface area contributed by atoms with Gasteiger partial charge in [-0.15, -0.1) is 0 Å². The molecular formula is C12H15ClN4O3S. The Labute approximate surface area is 127 Å². The van der Waals surface area contributed by atoms with E-state index in [0.717, 1.165) is 0 Å². The van der Waals surface area contributed by atoms with E-state index in [1.807, 2.05) is 0 Å². The third kappa shape index (κ3) is 3.66. The Morgan fingerprint density at radius 3 is 2.86 bits per heavy atom. The van der Waals surface area contributed by atoms with E-state index in [-0.39, 0.29) is 10.0 Å². The largest absolute Gasteiger partial charge is 0.492 e. The fourth-order valence-corrected chi connectivity index (χ4v) is 3.44. The van der Waals surface area contributed by atoms with Crippen molar-refractivity contribution in [2.24, 2.45) is 12.8 Å². The van der Waals surface area contributed by atoms with Crippen molar-refractivity contribution in [1.82, 2.24) is 9.78 Å². The van der Waals surface area contributed by atoms with Crippen molar-refractivity contribution in [3.05, 3.63) is 35.5 Å². The summed E-state index contributed by atoms with van der Waals surface area (Å²) in [6, 6.07) is 6.56. The maximum Gasteiger partial charge on any atom is 0.280 e. The van der Waals surface area contributed by atoms with Gasteiger partial charge >= 0.3 is 0 Å². The van der Waals surface area contributed by atoms with Crippen molar-refractivity contribution in [2.75, 3.05) is 17.9 Å². The number of nitrogens with one attached hydrogen (secondary N) is 1. The molecular weight excluding hydrogens is 316 g/mol. The summed E-state index contributed by atoms with van der Waals surface area (Å²) < 4.78 is 33.6. The van der Waals surface area contributed by atoms with Crippen LogP contribution >= 0.6 is 11.6 Å². The smallest absolute Gasteiger partial charge is 0.280 e. The second-order valence-electron chi connectivity index (χ2n) is 4.19. The number of nitrogens with two attached hydrogens (primary N) is 1. The molecule has 1 heterocycles. The summed E-state index contributed by atoms with van der Waals surface area (Å²) in [6.07, 6.45) is 1.27. The number of ether oxygens (including phenoxy) is 1. The topological polar surface area (TPSA) is 99.2 Å². The minimum Gasteiger partial charge on any atom is -0.492 e. The van der Waals surface area contributed by atoms with Crippen molar-refractivity contribution in [3.8, 4) is 5.75 Å². The quantitative estimate of drug-likeness (QED) is 0.829. The van der Waals surface area contributed by atoms with E-state index in [4.69, 9.17) is 22.1 Å². The highest BCUT2D eigenvalue weighted by Gasteiger charge is 2.22. The highest BCUT2D eigenvalue weighted by molar-refractivity contribution is 7.92. The third-order valence-corrected chi connectivity index (χ3v) is 4.46. The molecule has 7 nitrogen and oxygen atoms in total. The molecule has 0 bridgehead atoms. The lowest BCUT2D eigenvalue weighted by atomic mass is 10.3. The van der Waals surface area contributed by atoms with Gasteiger partial charge in [0.1, 0.15) is 12.4 Å². The molecule has 0 amide bonds. The number of hydrogen-bond donors (Lipinski definition) is 2. The van der Waals surface area contributed by atoms with E-state index in [9.17, 15) is 8.42 Å². The number of benzene rings is 1.